The van der Waals surface area contributed by atoms with Crippen LogP contribution in [0, 0.1) is 0 Å². The van der Waals surface area contributed by atoms with Gasteiger partial charge < -0.3 is 24.1 Å². The summed E-state index contributed by atoms with van der Waals surface area (Å²) < 4.78 is 21.4. The zero-order chi connectivity index (χ0) is 14.0. The van der Waals surface area contributed by atoms with Crippen molar-refractivity contribution < 1.29 is 28.8 Å². The largest absolute Gasteiger partial charge is 0.469 e. The first kappa shape index (κ1) is 14.7. The fourth-order valence-corrected chi connectivity index (χ4v) is 2.61. The van der Waals surface area contributed by atoms with Gasteiger partial charge in [0, 0.05) is 6.42 Å². The topological polar surface area (TPSA) is 74.2 Å². The van der Waals surface area contributed by atoms with Gasteiger partial charge in [-0.05, 0) is 26.7 Å². The van der Waals surface area contributed by atoms with Crippen molar-refractivity contribution in [2.24, 2.45) is 0 Å². The Balaban J connectivity index is 1.77. The second kappa shape index (κ2) is 5.75. The molecule has 0 aromatic rings. The average Bonchev–Trinajstić information content (AvgIpc) is 2.80. The first-order valence-corrected chi connectivity index (χ1v) is 6.69. The maximum absolute atomic E-state index is 11.0. The van der Waals surface area contributed by atoms with Crippen molar-refractivity contribution in [1.82, 2.24) is 0 Å². The third kappa shape index (κ3) is 3.45. The molecule has 0 radical (unpaired) electrons. The second-order valence-electron chi connectivity index (χ2n) is 5.45. The van der Waals surface area contributed by atoms with E-state index >= 15 is 0 Å². The predicted octanol–water partition coefficient (Wildman–Crippen LogP) is 0.957. The molecule has 2 aliphatic rings. The van der Waals surface area contributed by atoms with E-state index in [9.17, 15) is 9.90 Å². The van der Waals surface area contributed by atoms with Crippen LogP contribution in [0.1, 0.15) is 39.5 Å². The molecule has 6 nitrogen and oxygen atoms in total. The predicted molar refractivity (Wildman–Crippen MR) is 65.2 cm³/mol. The monoisotopic (exact) mass is 274 g/mol. The Hall–Kier alpha value is -0.690. The number of carbonyl (C=O) groups excluding carboxylic acids is 1. The standard InChI is InChI=1S/C13H22O6/c1-13(2)18-10-8(17-12(15)11(10)19-13)6-4-5-7-9(14)16-3/h8,10-12,15H,4-7H2,1-3H3/t8-,10+,11+,12+/m1/s1. The van der Waals surface area contributed by atoms with E-state index in [-0.39, 0.29) is 18.2 Å². The van der Waals surface area contributed by atoms with Gasteiger partial charge >= 0.3 is 5.97 Å². The van der Waals surface area contributed by atoms with Crippen molar-refractivity contribution in [3.8, 4) is 0 Å². The van der Waals surface area contributed by atoms with E-state index in [1.807, 2.05) is 13.8 Å². The smallest absolute Gasteiger partial charge is 0.305 e. The molecule has 0 aromatic carbocycles. The Morgan fingerprint density at radius 1 is 1.26 bits per heavy atom. The molecule has 0 unspecified atom stereocenters. The van der Waals surface area contributed by atoms with Crippen LogP contribution in [0.5, 0.6) is 0 Å². The third-order valence-corrected chi connectivity index (χ3v) is 3.47. The molecular formula is C13H22O6. The number of hydrogen-bond acceptors (Lipinski definition) is 6. The highest BCUT2D eigenvalue weighted by Gasteiger charge is 2.54. The maximum atomic E-state index is 11.0. The Bertz CT molecular complexity index is 329. The highest BCUT2D eigenvalue weighted by atomic mass is 16.8. The lowest BCUT2D eigenvalue weighted by atomic mass is 10.0. The molecule has 4 atom stereocenters. The van der Waals surface area contributed by atoms with Gasteiger partial charge in [-0.3, -0.25) is 4.79 Å². The molecule has 0 aromatic heterocycles. The van der Waals surface area contributed by atoms with E-state index in [0.29, 0.717) is 6.42 Å². The number of carbonyl (C=O) groups is 1. The molecule has 0 bridgehead atoms. The van der Waals surface area contributed by atoms with Gasteiger partial charge in [-0.25, -0.2) is 0 Å². The summed E-state index contributed by atoms with van der Waals surface area (Å²) in [5.74, 6) is -0.878. The van der Waals surface area contributed by atoms with Crippen LogP contribution < -0.4 is 0 Å². The number of fused-ring (bicyclic) bond motifs is 1. The minimum atomic E-state index is -0.933. The van der Waals surface area contributed by atoms with Crippen molar-refractivity contribution in [3.05, 3.63) is 0 Å². The van der Waals surface area contributed by atoms with E-state index in [1.54, 1.807) is 0 Å². The molecule has 0 spiro atoms. The fraction of sp³-hybridized carbons (Fsp3) is 0.923. The molecule has 0 amide bonds. The molecule has 2 saturated heterocycles. The summed E-state index contributed by atoms with van der Waals surface area (Å²) in [6, 6.07) is 0. The Kier molecular flexibility index (Phi) is 4.45. The molecule has 0 saturated carbocycles. The highest BCUT2D eigenvalue weighted by molar-refractivity contribution is 5.68. The zero-order valence-corrected chi connectivity index (χ0v) is 11.6. The normalized spacial score (nSPS) is 36.2. The average molecular weight is 274 g/mol. The Morgan fingerprint density at radius 3 is 2.63 bits per heavy atom. The van der Waals surface area contributed by atoms with Crippen LogP contribution in [0.2, 0.25) is 0 Å². The summed E-state index contributed by atoms with van der Waals surface area (Å²) in [5, 5.41) is 9.78. The van der Waals surface area contributed by atoms with E-state index in [1.165, 1.54) is 7.11 Å². The van der Waals surface area contributed by atoms with Crippen LogP contribution in [-0.4, -0.2) is 48.6 Å². The van der Waals surface area contributed by atoms with Crippen molar-refractivity contribution in [2.75, 3.05) is 7.11 Å². The van der Waals surface area contributed by atoms with Crippen LogP contribution in [-0.2, 0) is 23.7 Å². The molecule has 6 heteroatoms. The molecule has 1 N–H and O–H groups in total. The van der Waals surface area contributed by atoms with Crippen LogP contribution in [0.3, 0.4) is 0 Å². The lowest BCUT2D eigenvalue weighted by molar-refractivity contribution is -0.220. The van der Waals surface area contributed by atoms with Gasteiger partial charge in [0.1, 0.15) is 12.2 Å². The molecule has 110 valence electrons. The fourth-order valence-electron chi connectivity index (χ4n) is 2.61. The van der Waals surface area contributed by atoms with Crippen molar-refractivity contribution in [2.45, 2.75) is 69.9 Å². The number of aliphatic hydroxyl groups is 1. The Morgan fingerprint density at radius 2 is 1.95 bits per heavy atom. The van der Waals surface area contributed by atoms with E-state index in [2.05, 4.69) is 4.74 Å². The van der Waals surface area contributed by atoms with Crippen LogP contribution in [0.4, 0.5) is 0 Å². The number of aliphatic hydroxyl groups excluding tert-OH is 1. The minimum absolute atomic E-state index is 0.181. The van der Waals surface area contributed by atoms with Gasteiger partial charge in [0.15, 0.2) is 12.1 Å². The second-order valence-corrected chi connectivity index (χ2v) is 5.45. The van der Waals surface area contributed by atoms with Gasteiger partial charge in [-0.2, -0.15) is 0 Å². The molecular weight excluding hydrogens is 252 g/mol. The lowest BCUT2D eigenvalue weighted by Gasteiger charge is -2.22. The number of unbranched alkanes of at least 4 members (excludes halogenated alkanes) is 1. The molecule has 0 aliphatic carbocycles. The number of hydrogen-bond donors (Lipinski definition) is 1. The minimum Gasteiger partial charge on any atom is -0.469 e. The van der Waals surface area contributed by atoms with Crippen LogP contribution >= 0.6 is 0 Å². The van der Waals surface area contributed by atoms with Crippen molar-refractivity contribution >= 4 is 5.97 Å². The van der Waals surface area contributed by atoms with Gasteiger partial charge in [-0.15, -0.1) is 0 Å². The zero-order valence-electron chi connectivity index (χ0n) is 11.6. The number of esters is 1. The number of methoxy groups -OCH3 is 1. The van der Waals surface area contributed by atoms with Crippen molar-refractivity contribution in [3.63, 3.8) is 0 Å². The number of rotatable bonds is 5. The Labute approximate surface area is 113 Å². The third-order valence-electron chi connectivity index (χ3n) is 3.47. The summed E-state index contributed by atoms with van der Waals surface area (Å²) in [5.41, 5.74) is 0. The maximum Gasteiger partial charge on any atom is 0.305 e. The van der Waals surface area contributed by atoms with E-state index in [4.69, 9.17) is 14.2 Å². The molecule has 2 heterocycles. The van der Waals surface area contributed by atoms with Gasteiger partial charge in [-0.1, -0.05) is 6.42 Å². The highest BCUT2D eigenvalue weighted by Crippen LogP contribution is 2.39. The molecule has 2 fully saturated rings. The molecule has 2 rings (SSSR count). The molecule has 2 aliphatic heterocycles. The first-order valence-electron chi connectivity index (χ1n) is 6.69. The summed E-state index contributed by atoms with van der Waals surface area (Å²) in [6.45, 7) is 3.65. The quantitative estimate of drug-likeness (QED) is 0.594. The lowest BCUT2D eigenvalue weighted by Crippen LogP contribution is -2.29. The molecule has 19 heavy (non-hydrogen) atoms. The summed E-state index contributed by atoms with van der Waals surface area (Å²) >= 11 is 0. The first-order chi connectivity index (χ1) is 8.93. The summed E-state index contributed by atoms with van der Waals surface area (Å²) in [7, 11) is 1.38. The van der Waals surface area contributed by atoms with Crippen molar-refractivity contribution in [1.29, 1.82) is 0 Å². The van der Waals surface area contributed by atoms with E-state index in [0.717, 1.165) is 19.3 Å². The van der Waals surface area contributed by atoms with E-state index < -0.39 is 18.2 Å². The van der Waals surface area contributed by atoms with Gasteiger partial charge in [0.05, 0.1) is 13.2 Å². The van der Waals surface area contributed by atoms with Crippen LogP contribution in [0.15, 0.2) is 0 Å². The summed E-state index contributed by atoms with van der Waals surface area (Å²) in [6.07, 6.45) is 0.932. The number of ether oxygens (including phenoxy) is 4. The van der Waals surface area contributed by atoms with Gasteiger partial charge in [0.2, 0.25) is 0 Å². The van der Waals surface area contributed by atoms with Crippen LogP contribution in [0.25, 0.3) is 0 Å². The van der Waals surface area contributed by atoms with Gasteiger partial charge in [0.25, 0.3) is 0 Å². The SMILES string of the molecule is COC(=O)CCCC[C@H]1O[C@H](O)[C@H]2OC(C)(C)O[C@H]21. The summed E-state index contributed by atoms with van der Waals surface area (Å²) in [4.78, 5) is 11.0.